The van der Waals surface area contributed by atoms with E-state index in [9.17, 15) is 14.7 Å². The molecule has 1 aliphatic carbocycles. The fourth-order valence-electron chi connectivity index (χ4n) is 2.99. The van der Waals surface area contributed by atoms with Gasteiger partial charge < -0.3 is 15.2 Å². The Bertz CT molecular complexity index is 328. The second-order valence-electron chi connectivity index (χ2n) is 5.68. The zero-order valence-corrected chi connectivity index (χ0v) is 11.3. The van der Waals surface area contributed by atoms with Crippen LogP contribution in [0.4, 0.5) is 0 Å². The number of hydrogen-bond acceptors (Lipinski definition) is 3. The van der Waals surface area contributed by atoms with E-state index in [2.05, 4.69) is 5.32 Å². The van der Waals surface area contributed by atoms with E-state index in [-0.39, 0.29) is 11.8 Å². The van der Waals surface area contributed by atoms with E-state index < -0.39 is 11.5 Å². The van der Waals surface area contributed by atoms with Gasteiger partial charge in [0.1, 0.15) is 5.54 Å². The molecule has 2 fully saturated rings. The highest BCUT2D eigenvalue weighted by molar-refractivity contribution is 5.88. The van der Waals surface area contributed by atoms with E-state index in [0.29, 0.717) is 26.1 Å². The summed E-state index contributed by atoms with van der Waals surface area (Å²) in [5.41, 5.74) is -1.11. The molecule has 2 N–H and O–H groups in total. The highest BCUT2D eigenvalue weighted by atomic mass is 16.5. The predicted molar refractivity (Wildman–Crippen MR) is 69.8 cm³/mol. The van der Waals surface area contributed by atoms with Gasteiger partial charge in [-0.25, -0.2) is 4.79 Å². The summed E-state index contributed by atoms with van der Waals surface area (Å²) in [6.45, 7) is 0.800. The zero-order valence-electron chi connectivity index (χ0n) is 11.3. The van der Waals surface area contributed by atoms with Crippen molar-refractivity contribution in [3.63, 3.8) is 0 Å². The first-order valence-electron chi connectivity index (χ1n) is 7.27. The Balaban J connectivity index is 1.99. The maximum atomic E-state index is 12.3. The van der Waals surface area contributed by atoms with Crippen LogP contribution >= 0.6 is 0 Å². The summed E-state index contributed by atoms with van der Waals surface area (Å²) >= 11 is 0. The standard InChI is InChI=1S/C14H23NO4/c16-12(11-5-3-1-2-4-6-11)15-14(13(17)18)7-9-19-10-8-14/h11H,1-10H2,(H,15,16)(H,17,18). The van der Waals surface area contributed by atoms with E-state index >= 15 is 0 Å². The number of amides is 1. The van der Waals surface area contributed by atoms with Crippen LogP contribution in [0.15, 0.2) is 0 Å². The van der Waals surface area contributed by atoms with Gasteiger partial charge in [-0.2, -0.15) is 0 Å². The molecule has 1 saturated heterocycles. The van der Waals surface area contributed by atoms with E-state index in [1.807, 2.05) is 0 Å². The third-order valence-electron chi connectivity index (χ3n) is 4.34. The second kappa shape index (κ2) is 6.37. The molecule has 2 aliphatic rings. The average Bonchev–Trinajstić information content (AvgIpc) is 2.68. The predicted octanol–water partition coefficient (Wildman–Crippen LogP) is 1.71. The molecule has 108 valence electrons. The van der Waals surface area contributed by atoms with Crippen molar-refractivity contribution >= 4 is 11.9 Å². The molecular weight excluding hydrogens is 246 g/mol. The Morgan fingerprint density at radius 3 is 2.16 bits per heavy atom. The zero-order chi connectivity index (χ0) is 13.7. The van der Waals surface area contributed by atoms with E-state index in [4.69, 9.17) is 4.74 Å². The molecule has 0 atom stereocenters. The van der Waals surface area contributed by atoms with E-state index in [1.165, 1.54) is 12.8 Å². The fraction of sp³-hybridized carbons (Fsp3) is 0.857. The molecule has 0 spiro atoms. The minimum Gasteiger partial charge on any atom is -0.480 e. The fourth-order valence-corrected chi connectivity index (χ4v) is 2.99. The Morgan fingerprint density at radius 2 is 1.63 bits per heavy atom. The molecule has 5 nitrogen and oxygen atoms in total. The minimum atomic E-state index is -1.11. The summed E-state index contributed by atoms with van der Waals surface area (Å²) in [7, 11) is 0. The van der Waals surface area contributed by atoms with Crippen molar-refractivity contribution in [1.29, 1.82) is 0 Å². The van der Waals surface area contributed by atoms with Crippen LogP contribution in [0.2, 0.25) is 0 Å². The Morgan fingerprint density at radius 1 is 1.05 bits per heavy atom. The number of aliphatic carboxylic acids is 1. The lowest BCUT2D eigenvalue weighted by Gasteiger charge is -2.35. The number of carboxylic acids is 1. The molecular formula is C14H23NO4. The van der Waals surface area contributed by atoms with Gasteiger partial charge in [-0.15, -0.1) is 0 Å². The van der Waals surface area contributed by atoms with Gasteiger partial charge in [0.25, 0.3) is 0 Å². The van der Waals surface area contributed by atoms with Crippen molar-refractivity contribution in [3.8, 4) is 0 Å². The van der Waals surface area contributed by atoms with Crippen LogP contribution in [0.5, 0.6) is 0 Å². The number of carboxylic acid groups (broad SMARTS) is 1. The lowest BCUT2D eigenvalue weighted by atomic mass is 9.88. The van der Waals surface area contributed by atoms with Gasteiger partial charge in [-0.1, -0.05) is 25.7 Å². The van der Waals surface area contributed by atoms with Crippen LogP contribution in [-0.2, 0) is 14.3 Å². The largest absolute Gasteiger partial charge is 0.480 e. The molecule has 0 aromatic heterocycles. The van der Waals surface area contributed by atoms with Crippen molar-refractivity contribution in [2.75, 3.05) is 13.2 Å². The van der Waals surface area contributed by atoms with Gasteiger partial charge in [0.15, 0.2) is 0 Å². The van der Waals surface area contributed by atoms with Crippen LogP contribution in [-0.4, -0.2) is 35.7 Å². The van der Waals surface area contributed by atoms with Gasteiger partial charge >= 0.3 is 5.97 Å². The average molecular weight is 269 g/mol. The number of hydrogen-bond donors (Lipinski definition) is 2. The highest BCUT2D eigenvalue weighted by Gasteiger charge is 2.42. The quantitative estimate of drug-likeness (QED) is 0.765. The molecule has 1 amide bonds. The monoisotopic (exact) mass is 269 g/mol. The lowest BCUT2D eigenvalue weighted by Crippen LogP contribution is -2.58. The van der Waals surface area contributed by atoms with Crippen LogP contribution in [0.25, 0.3) is 0 Å². The molecule has 2 rings (SSSR count). The Hall–Kier alpha value is -1.10. The molecule has 1 aliphatic heterocycles. The lowest BCUT2D eigenvalue weighted by molar-refractivity contribution is -0.152. The minimum absolute atomic E-state index is 0.0124. The van der Waals surface area contributed by atoms with Crippen LogP contribution in [0, 0.1) is 5.92 Å². The topological polar surface area (TPSA) is 75.6 Å². The van der Waals surface area contributed by atoms with Gasteiger partial charge in [0.2, 0.25) is 5.91 Å². The van der Waals surface area contributed by atoms with Gasteiger partial charge in [0, 0.05) is 32.0 Å². The summed E-state index contributed by atoms with van der Waals surface area (Å²) in [5.74, 6) is -1.02. The summed E-state index contributed by atoms with van der Waals surface area (Å²) in [4.78, 5) is 23.8. The van der Waals surface area contributed by atoms with Crippen molar-refractivity contribution in [2.24, 2.45) is 5.92 Å². The maximum Gasteiger partial charge on any atom is 0.329 e. The molecule has 5 heteroatoms. The number of rotatable bonds is 3. The van der Waals surface area contributed by atoms with Crippen LogP contribution in [0.1, 0.15) is 51.4 Å². The van der Waals surface area contributed by atoms with Gasteiger partial charge in [-0.3, -0.25) is 4.79 Å². The highest BCUT2D eigenvalue weighted by Crippen LogP contribution is 2.26. The molecule has 0 radical (unpaired) electrons. The van der Waals surface area contributed by atoms with Crippen LogP contribution in [0.3, 0.4) is 0 Å². The summed E-state index contributed by atoms with van der Waals surface area (Å²) in [6.07, 6.45) is 7.00. The molecule has 0 unspecified atom stereocenters. The summed E-state index contributed by atoms with van der Waals surface area (Å²) in [5, 5.41) is 12.2. The first kappa shape index (κ1) is 14.3. The van der Waals surface area contributed by atoms with Crippen molar-refractivity contribution in [2.45, 2.75) is 56.9 Å². The first-order chi connectivity index (χ1) is 9.14. The normalized spacial score (nSPS) is 24.4. The third kappa shape index (κ3) is 3.47. The maximum absolute atomic E-state index is 12.3. The summed E-state index contributed by atoms with van der Waals surface area (Å²) in [6, 6.07) is 0. The molecule has 0 aromatic rings. The first-order valence-corrected chi connectivity index (χ1v) is 7.27. The molecule has 1 heterocycles. The number of ether oxygens (including phenoxy) is 1. The van der Waals surface area contributed by atoms with Crippen molar-refractivity contribution < 1.29 is 19.4 Å². The van der Waals surface area contributed by atoms with Crippen molar-refractivity contribution in [3.05, 3.63) is 0 Å². The number of carbonyl (C=O) groups is 2. The second-order valence-corrected chi connectivity index (χ2v) is 5.68. The smallest absolute Gasteiger partial charge is 0.329 e. The molecule has 19 heavy (non-hydrogen) atoms. The van der Waals surface area contributed by atoms with Crippen LogP contribution < -0.4 is 5.32 Å². The van der Waals surface area contributed by atoms with Gasteiger partial charge in [0.05, 0.1) is 0 Å². The van der Waals surface area contributed by atoms with E-state index in [1.54, 1.807) is 0 Å². The van der Waals surface area contributed by atoms with Crippen molar-refractivity contribution in [1.82, 2.24) is 5.32 Å². The SMILES string of the molecule is O=C(NC1(C(=O)O)CCOCC1)C1CCCCCC1. The Labute approximate surface area is 113 Å². The molecule has 0 bridgehead atoms. The van der Waals surface area contributed by atoms with E-state index in [0.717, 1.165) is 25.7 Å². The number of carbonyl (C=O) groups excluding carboxylic acids is 1. The molecule has 0 aromatic carbocycles. The summed E-state index contributed by atoms with van der Waals surface area (Å²) < 4.78 is 5.21. The number of nitrogens with one attached hydrogen (secondary N) is 1. The third-order valence-corrected chi connectivity index (χ3v) is 4.34. The Kier molecular flexibility index (Phi) is 4.80. The molecule has 1 saturated carbocycles. The van der Waals surface area contributed by atoms with Gasteiger partial charge in [-0.05, 0) is 12.8 Å².